The lowest BCUT2D eigenvalue weighted by Gasteiger charge is -2.10. The van der Waals surface area contributed by atoms with Crippen molar-refractivity contribution in [3.8, 4) is 11.8 Å². The molecular weight excluding hydrogens is 302 g/mol. The van der Waals surface area contributed by atoms with E-state index in [-0.39, 0.29) is 11.7 Å². The van der Waals surface area contributed by atoms with Crippen LogP contribution in [0, 0.1) is 17.2 Å². The average molecular weight is 319 g/mol. The van der Waals surface area contributed by atoms with E-state index in [4.69, 9.17) is 0 Å². The highest BCUT2D eigenvalue weighted by molar-refractivity contribution is 5.95. The number of anilines is 1. The fraction of sp³-hybridized carbons (Fsp3) is 0.158. The molecule has 5 heteroatoms. The maximum absolute atomic E-state index is 12.4. The molecule has 0 radical (unpaired) electrons. The number of benzene rings is 2. The molecule has 0 saturated heterocycles. The highest BCUT2D eigenvalue weighted by Crippen LogP contribution is 2.24. The van der Waals surface area contributed by atoms with Crippen molar-refractivity contribution in [2.24, 2.45) is 13.0 Å². The first-order chi connectivity index (χ1) is 11.6. The lowest BCUT2D eigenvalue weighted by Crippen LogP contribution is -2.23. The van der Waals surface area contributed by atoms with Crippen LogP contribution >= 0.6 is 0 Å². The van der Waals surface area contributed by atoms with Crippen LogP contribution < -0.4 is 5.32 Å². The van der Waals surface area contributed by atoms with E-state index < -0.39 is 5.92 Å². The Bertz CT molecular complexity index is 937. The maximum atomic E-state index is 12.4. The number of phenols is 1. The van der Waals surface area contributed by atoms with Gasteiger partial charge in [0.05, 0.1) is 6.07 Å². The van der Waals surface area contributed by atoms with Crippen molar-refractivity contribution >= 4 is 22.5 Å². The van der Waals surface area contributed by atoms with E-state index in [1.807, 2.05) is 42.1 Å². The fourth-order valence-electron chi connectivity index (χ4n) is 2.82. The molecule has 0 fully saturated rings. The zero-order valence-electron chi connectivity index (χ0n) is 13.2. The van der Waals surface area contributed by atoms with Gasteiger partial charge in [0.15, 0.2) is 0 Å². The summed E-state index contributed by atoms with van der Waals surface area (Å²) in [5.74, 6) is -1.12. The lowest BCUT2D eigenvalue weighted by molar-refractivity contribution is -0.118. The van der Waals surface area contributed by atoms with E-state index in [0.717, 1.165) is 16.5 Å². The molecule has 0 aliphatic heterocycles. The molecular formula is C19H17N3O2. The number of nitrogens with one attached hydrogen (secondary N) is 1. The summed E-state index contributed by atoms with van der Waals surface area (Å²) in [7, 11) is 1.94. The summed E-state index contributed by atoms with van der Waals surface area (Å²) in [5, 5.41) is 22.6. The number of para-hydroxylation sites is 1. The van der Waals surface area contributed by atoms with Gasteiger partial charge in [-0.2, -0.15) is 5.26 Å². The topological polar surface area (TPSA) is 78.0 Å². The minimum Gasteiger partial charge on any atom is -0.508 e. The third-order valence-electron chi connectivity index (χ3n) is 3.99. The van der Waals surface area contributed by atoms with E-state index in [2.05, 4.69) is 11.4 Å². The monoisotopic (exact) mass is 319 g/mol. The number of carbonyl (C=O) groups excluding carboxylic acids is 1. The Morgan fingerprint density at radius 3 is 2.83 bits per heavy atom. The summed E-state index contributed by atoms with van der Waals surface area (Å²) >= 11 is 0. The molecule has 24 heavy (non-hydrogen) atoms. The SMILES string of the molecule is Cn1cc(C[C@H](C#N)C(=O)Nc2cccc(O)c2)c2ccccc21. The summed E-state index contributed by atoms with van der Waals surface area (Å²) in [4.78, 5) is 12.4. The molecule has 2 N–H and O–H groups in total. The van der Waals surface area contributed by atoms with Crippen molar-refractivity contribution in [2.45, 2.75) is 6.42 Å². The standard InChI is InChI=1S/C19H17N3O2/c1-22-12-14(17-7-2-3-8-18(17)22)9-13(11-20)19(24)21-15-5-4-6-16(23)10-15/h2-8,10,12-13,23H,9H2,1H3,(H,21,24)/t13-/m1/s1. The number of amides is 1. The van der Waals surface area contributed by atoms with Crippen molar-refractivity contribution in [3.05, 3.63) is 60.3 Å². The molecule has 3 rings (SSSR count). The molecule has 1 atom stereocenters. The first kappa shape index (κ1) is 15.6. The summed E-state index contributed by atoms with van der Waals surface area (Å²) < 4.78 is 1.99. The summed E-state index contributed by atoms with van der Waals surface area (Å²) in [5.41, 5.74) is 2.50. The fourth-order valence-corrected chi connectivity index (χ4v) is 2.82. The number of rotatable bonds is 4. The molecule has 5 nitrogen and oxygen atoms in total. The van der Waals surface area contributed by atoms with Crippen LogP contribution in [0.2, 0.25) is 0 Å². The molecule has 0 unspecified atom stereocenters. The van der Waals surface area contributed by atoms with Crippen molar-refractivity contribution in [1.29, 1.82) is 5.26 Å². The maximum Gasteiger partial charge on any atom is 0.242 e. The van der Waals surface area contributed by atoms with Gasteiger partial charge in [-0.25, -0.2) is 0 Å². The van der Waals surface area contributed by atoms with Gasteiger partial charge >= 0.3 is 0 Å². The quantitative estimate of drug-likeness (QED) is 0.775. The second-order valence-electron chi connectivity index (χ2n) is 5.71. The van der Waals surface area contributed by atoms with E-state index in [9.17, 15) is 15.2 Å². The zero-order chi connectivity index (χ0) is 17.1. The Kier molecular flexibility index (Phi) is 4.21. The van der Waals surface area contributed by atoms with Crippen LogP contribution in [0.4, 0.5) is 5.69 Å². The van der Waals surface area contributed by atoms with E-state index >= 15 is 0 Å². The van der Waals surface area contributed by atoms with Crippen molar-refractivity contribution in [2.75, 3.05) is 5.32 Å². The highest BCUT2D eigenvalue weighted by atomic mass is 16.3. The van der Waals surface area contributed by atoms with Crippen LogP contribution in [-0.4, -0.2) is 15.6 Å². The molecule has 0 spiro atoms. The number of nitrogens with zero attached hydrogens (tertiary/aromatic N) is 2. The van der Waals surface area contributed by atoms with E-state index in [1.165, 1.54) is 12.1 Å². The van der Waals surface area contributed by atoms with Gasteiger partial charge in [-0.15, -0.1) is 0 Å². The van der Waals surface area contributed by atoms with Crippen molar-refractivity contribution in [1.82, 2.24) is 4.57 Å². The van der Waals surface area contributed by atoms with Gasteiger partial charge in [-0.05, 0) is 30.2 Å². The van der Waals surface area contributed by atoms with Gasteiger partial charge in [0.2, 0.25) is 5.91 Å². The number of phenolic OH excluding ortho intramolecular Hbond substituents is 1. The number of carbonyl (C=O) groups is 1. The molecule has 0 aliphatic carbocycles. The average Bonchev–Trinajstić information content (AvgIpc) is 2.89. The first-order valence-electron chi connectivity index (χ1n) is 7.61. The molecule has 0 aliphatic rings. The Morgan fingerprint density at radius 2 is 2.08 bits per heavy atom. The number of aromatic hydroxyl groups is 1. The van der Waals surface area contributed by atoms with Crippen LogP contribution in [0.5, 0.6) is 5.75 Å². The minimum atomic E-state index is -0.807. The minimum absolute atomic E-state index is 0.0651. The highest BCUT2D eigenvalue weighted by Gasteiger charge is 2.21. The Hall–Kier alpha value is -3.26. The largest absolute Gasteiger partial charge is 0.508 e. The Morgan fingerprint density at radius 1 is 1.29 bits per heavy atom. The van der Waals surface area contributed by atoms with Gasteiger partial charge in [0, 0.05) is 35.9 Å². The third kappa shape index (κ3) is 3.08. The number of aromatic nitrogens is 1. The number of aryl methyl sites for hydroxylation is 1. The summed E-state index contributed by atoms with van der Waals surface area (Å²) in [6.07, 6.45) is 2.29. The third-order valence-corrected chi connectivity index (χ3v) is 3.99. The smallest absolute Gasteiger partial charge is 0.242 e. The normalized spacial score (nSPS) is 11.8. The second kappa shape index (κ2) is 6.47. The molecule has 0 bridgehead atoms. The second-order valence-corrected chi connectivity index (χ2v) is 5.71. The number of hydrogen-bond donors (Lipinski definition) is 2. The summed E-state index contributed by atoms with van der Waals surface area (Å²) in [6, 6.07) is 16.3. The predicted molar refractivity (Wildman–Crippen MR) is 92.5 cm³/mol. The van der Waals surface area contributed by atoms with E-state index in [1.54, 1.807) is 12.1 Å². The van der Waals surface area contributed by atoms with E-state index in [0.29, 0.717) is 12.1 Å². The molecule has 3 aromatic rings. The van der Waals surface area contributed by atoms with Crippen molar-refractivity contribution < 1.29 is 9.90 Å². The Balaban J connectivity index is 1.81. The van der Waals surface area contributed by atoms with Crippen LogP contribution in [0.1, 0.15) is 5.56 Å². The van der Waals surface area contributed by atoms with Gasteiger partial charge in [-0.3, -0.25) is 4.79 Å². The zero-order valence-corrected chi connectivity index (χ0v) is 13.2. The number of nitriles is 1. The molecule has 1 heterocycles. The predicted octanol–water partition coefficient (Wildman–Crippen LogP) is 3.20. The molecule has 0 saturated carbocycles. The Labute approximate surface area is 139 Å². The van der Waals surface area contributed by atoms with Crippen LogP contribution in [0.15, 0.2) is 54.7 Å². The number of hydrogen-bond acceptors (Lipinski definition) is 3. The molecule has 1 aromatic heterocycles. The van der Waals surface area contributed by atoms with Crippen LogP contribution in [0.25, 0.3) is 10.9 Å². The van der Waals surface area contributed by atoms with Crippen molar-refractivity contribution in [3.63, 3.8) is 0 Å². The van der Waals surface area contributed by atoms with Crippen LogP contribution in [-0.2, 0) is 18.3 Å². The van der Waals surface area contributed by atoms with Crippen LogP contribution in [0.3, 0.4) is 0 Å². The van der Waals surface area contributed by atoms with Gasteiger partial charge in [0.1, 0.15) is 11.7 Å². The molecule has 120 valence electrons. The van der Waals surface area contributed by atoms with Gasteiger partial charge in [-0.1, -0.05) is 24.3 Å². The molecule has 2 aromatic carbocycles. The number of fused-ring (bicyclic) bond motifs is 1. The molecule has 1 amide bonds. The summed E-state index contributed by atoms with van der Waals surface area (Å²) in [6.45, 7) is 0. The van der Waals surface area contributed by atoms with Gasteiger partial charge < -0.3 is 15.0 Å². The lowest BCUT2D eigenvalue weighted by atomic mass is 9.99. The first-order valence-corrected chi connectivity index (χ1v) is 7.61. The van der Waals surface area contributed by atoms with Gasteiger partial charge in [0.25, 0.3) is 0 Å².